The molecule has 0 saturated carbocycles. The molecule has 0 amide bonds. The number of para-hydroxylation sites is 1. The van der Waals surface area contributed by atoms with Crippen LogP contribution in [-0.4, -0.2) is 58.6 Å². The van der Waals surface area contributed by atoms with Crippen LogP contribution in [0, 0.1) is 24.5 Å². The van der Waals surface area contributed by atoms with Gasteiger partial charge in [-0.2, -0.15) is 15.0 Å². The van der Waals surface area contributed by atoms with Crippen LogP contribution in [0.1, 0.15) is 29.2 Å². The molecule has 2 atom stereocenters. The van der Waals surface area contributed by atoms with Gasteiger partial charge in [-0.15, -0.1) is 5.10 Å². The molecule has 210 valence electrons. The fraction of sp³-hybridized carbons (Fsp3) is 0.310. The Morgan fingerprint density at radius 1 is 1.02 bits per heavy atom. The van der Waals surface area contributed by atoms with Crippen LogP contribution in [0.4, 0.5) is 14.7 Å². The highest BCUT2D eigenvalue weighted by Crippen LogP contribution is 2.37. The van der Waals surface area contributed by atoms with Gasteiger partial charge in [0.05, 0.1) is 30.3 Å². The van der Waals surface area contributed by atoms with Gasteiger partial charge in [-0.1, -0.05) is 29.4 Å². The Morgan fingerprint density at radius 3 is 2.51 bits per heavy atom. The SMILES string of the molecule is Cc1c(-c2cnn(C)c2)nn(-c2ccccc2)c1CC(=O)C[C@@H]1CN(c2nnn(C)n2)C[C@H]1c1ccc(F)c(F)c1. The highest BCUT2D eigenvalue weighted by Gasteiger charge is 2.37. The maximum absolute atomic E-state index is 14.2. The molecule has 0 radical (unpaired) electrons. The fourth-order valence-electron chi connectivity index (χ4n) is 5.65. The van der Waals surface area contributed by atoms with Crippen LogP contribution in [0.15, 0.2) is 60.9 Å². The molecule has 41 heavy (non-hydrogen) atoms. The minimum Gasteiger partial charge on any atom is -0.337 e. The van der Waals surface area contributed by atoms with Crippen LogP contribution in [0.2, 0.25) is 0 Å². The third-order valence-electron chi connectivity index (χ3n) is 7.67. The van der Waals surface area contributed by atoms with Crippen molar-refractivity contribution in [2.24, 2.45) is 20.0 Å². The lowest BCUT2D eigenvalue weighted by Gasteiger charge is -2.18. The first kappa shape index (κ1) is 26.5. The number of nitrogens with zero attached hydrogens (tertiary/aromatic N) is 9. The van der Waals surface area contributed by atoms with Gasteiger partial charge in [0, 0.05) is 50.7 Å². The minimum absolute atomic E-state index is 0.0226. The monoisotopic (exact) mass is 557 g/mol. The van der Waals surface area contributed by atoms with Crippen LogP contribution in [-0.2, 0) is 25.3 Å². The topological polar surface area (TPSA) is 99.5 Å². The quantitative estimate of drug-likeness (QED) is 0.286. The number of carbonyl (C=O) groups excluding carboxylic acids is 1. The summed E-state index contributed by atoms with van der Waals surface area (Å²) in [6.45, 7) is 2.92. The van der Waals surface area contributed by atoms with E-state index >= 15 is 0 Å². The fourth-order valence-corrected chi connectivity index (χ4v) is 5.65. The summed E-state index contributed by atoms with van der Waals surface area (Å²) in [5.41, 5.74) is 4.84. The van der Waals surface area contributed by atoms with E-state index < -0.39 is 11.6 Å². The average molecular weight is 558 g/mol. The van der Waals surface area contributed by atoms with E-state index in [0.717, 1.165) is 34.3 Å². The Kier molecular flexibility index (Phi) is 6.90. The van der Waals surface area contributed by atoms with Gasteiger partial charge in [0.15, 0.2) is 11.6 Å². The number of aryl methyl sites for hydroxylation is 2. The van der Waals surface area contributed by atoms with Gasteiger partial charge in [0.2, 0.25) is 0 Å². The largest absolute Gasteiger partial charge is 0.337 e. The zero-order chi connectivity index (χ0) is 28.7. The zero-order valence-corrected chi connectivity index (χ0v) is 22.9. The van der Waals surface area contributed by atoms with E-state index in [1.54, 1.807) is 24.0 Å². The Hall–Kier alpha value is -4.74. The van der Waals surface area contributed by atoms with E-state index in [2.05, 4.69) is 20.5 Å². The molecule has 2 aromatic carbocycles. The number of rotatable bonds is 8. The summed E-state index contributed by atoms with van der Waals surface area (Å²) >= 11 is 0. The Labute approximate surface area is 235 Å². The molecule has 1 aliphatic rings. The van der Waals surface area contributed by atoms with Crippen LogP contribution >= 0.6 is 0 Å². The molecule has 6 rings (SSSR count). The lowest BCUT2D eigenvalue weighted by atomic mass is 9.85. The van der Waals surface area contributed by atoms with Crippen molar-refractivity contribution in [3.8, 4) is 16.9 Å². The number of hydrogen-bond donors (Lipinski definition) is 0. The molecular weight excluding hydrogens is 528 g/mol. The summed E-state index contributed by atoms with van der Waals surface area (Å²) < 4.78 is 31.5. The van der Waals surface area contributed by atoms with Gasteiger partial charge in [-0.3, -0.25) is 9.48 Å². The molecule has 0 N–H and O–H groups in total. The molecule has 0 spiro atoms. The third-order valence-corrected chi connectivity index (χ3v) is 7.67. The predicted octanol–water partition coefficient (Wildman–Crippen LogP) is 3.80. The average Bonchev–Trinajstić information content (AvgIpc) is 3.74. The van der Waals surface area contributed by atoms with Crippen LogP contribution in [0.5, 0.6) is 0 Å². The number of benzene rings is 2. The molecule has 12 heteroatoms. The smallest absolute Gasteiger partial charge is 0.266 e. The number of Topliss-reactive ketones (excluding diaryl/α,β-unsaturated/α-hetero) is 1. The van der Waals surface area contributed by atoms with Crippen molar-refractivity contribution in [3.63, 3.8) is 0 Å². The normalized spacial score (nSPS) is 17.0. The molecule has 0 unspecified atom stereocenters. The highest BCUT2D eigenvalue weighted by atomic mass is 19.2. The van der Waals surface area contributed by atoms with Crippen molar-refractivity contribution in [3.05, 3.63) is 89.4 Å². The second-order valence-electron chi connectivity index (χ2n) is 10.5. The second-order valence-corrected chi connectivity index (χ2v) is 10.5. The standard InChI is InChI=1S/C29H29F2N9O/c1-18-27(40(22-7-5-4-6-8-22)34-28(18)21-14-32-37(2)15-21)13-23(41)11-20-16-39(29-33-36-38(3)35-29)17-24(20)19-9-10-25(30)26(31)12-19/h4-10,12,14-15,20,24H,11,13,16-17H2,1-3H3/t20-,24+/m1/s1. The number of aromatic nitrogens is 8. The molecule has 5 aromatic rings. The highest BCUT2D eigenvalue weighted by molar-refractivity contribution is 5.82. The molecule has 10 nitrogen and oxygen atoms in total. The van der Waals surface area contributed by atoms with Crippen LogP contribution in [0.25, 0.3) is 16.9 Å². The van der Waals surface area contributed by atoms with E-state index in [1.807, 2.05) is 60.1 Å². The molecule has 1 saturated heterocycles. The first-order valence-corrected chi connectivity index (χ1v) is 13.4. The minimum atomic E-state index is -0.908. The third kappa shape index (κ3) is 5.24. The van der Waals surface area contributed by atoms with Crippen molar-refractivity contribution in [2.75, 3.05) is 18.0 Å². The molecule has 0 aliphatic carbocycles. The Bertz CT molecular complexity index is 1710. The number of ketones is 1. The van der Waals surface area contributed by atoms with Crippen molar-refractivity contribution in [1.29, 1.82) is 0 Å². The Morgan fingerprint density at radius 2 is 1.83 bits per heavy atom. The first-order chi connectivity index (χ1) is 19.8. The molecule has 0 bridgehead atoms. The molecule has 4 heterocycles. The van der Waals surface area contributed by atoms with Gasteiger partial charge < -0.3 is 4.90 Å². The lowest BCUT2D eigenvalue weighted by molar-refractivity contribution is -0.119. The molecular formula is C29H29F2N9O. The molecule has 1 aliphatic heterocycles. The summed E-state index contributed by atoms with van der Waals surface area (Å²) in [5, 5.41) is 21.5. The van der Waals surface area contributed by atoms with Gasteiger partial charge >= 0.3 is 0 Å². The zero-order valence-electron chi connectivity index (χ0n) is 22.9. The van der Waals surface area contributed by atoms with Crippen molar-refractivity contribution < 1.29 is 13.6 Å². The maximum Gasteiger partial charge on any atom is 0.266 e. The van der Waals surface area contributed by atoms with E-state index in [0.29, 0.717) is 24.6 Å². The van der Waals surface area contributed by atoms with Crippen molar-refractivity contribution in [2.45, 2.75) is 25.7 Å². The van der Waals surface area contributed by atoms with E-state index in [9.17, 15) is 13.6 Å². The van der Waals surface area contributed by atoms with Crippen LogP contribution < -0.4 is 4.90 Å². The summed E-state index contributed by atoms with van der Waals surface area (Å²) in [4.78, 5) is 17.1. The number of tetrazole rings is 1. The van der Waals surface area contributed by atoms with Gasteiger partial charge in [-0.25, -0.2) is 13.5 Å². The van der Waals surface area contributed by atoms with Gasteiger partial charge in [0.25, 0.3) is 5.95 Å². The second kappa shape index (κ2) is 10.7. The summed E-state index contributed by atoms with van der Waals surface area (Å²) in [6, 6.07) is 13.6. The van der Waals surface area contributed by atoms with Crippen molar-refractivity contribution >= 4 is 11.7 Å². The van der Waals surface area contributed by atoms with Gasteiger partial charge in [0.1, 0.15) is 5.78 Å². The number of anilines is 1. The van der Waals surface area contributed by atoms with E-state index in [1.165, 1.54) is 10.9 Å². The lowest BCUT2D eigenvalue weighted by Crippen LogP contribution is -2.22. The molecule has 3 aromatic heterocycles. The summed E-state index contributed by atoms with van der Waals surface area (Å²) in [7, 11) is 3.53. The van der Waals surface area contributed by atoms with E-state index in [-0.39, 0.29) is 30.5 Å². The van der Waals surface area contributed by atoms with E-state index in [4.69, 9.17) is 5.10 Å². The Balaban J connectivity index is 1.30. The van der Waals surface area contributed by atoms with Gasteiger partial charge in [-0.05, 0) is 53.4 Å². The van der Waals surface area contributed by atoms with Crippen molar-refractivity contribution in [1.82, 2.24) is 39.8 Å². The maximum atomic E-state index is 14.2. The summed E-state index contributed by atoms with van der Waals surface area (Å²) in [5.74, 6) is -1.73. The number of carbonyl (C=O) groups is 1. The summed E-state index contributed by atoms with van der Waals surface area (Å²) in [6.07, 6.45) is 4.06. The first-order valence-electron chi connectivity index (χ1n) is 13.4. The molecule has 1 fully saturated rings. The van der Waals surface area contributed by atoms with Crippen LogP contribution in [0.3, 0.4) is 0 Å². The number of halogens is 2. The predicted molar refractivity (Wildman–Crippen MR) is 147 cm³/mol. The number of hydrogen-bond acceptors (Lipinski definition) is 7.